The van der Waals surface area contributed by atoms with Gasteiger partial charge in [-0.1, -0.05) is 0 Å². The Morgan fingerprint density at radius 2 is 2.00 bits per heavy atom. The summed E-state index contributed by atoms with van der Waals surface area (Å²) in [5.74, 6) is 3.92. The summed E-state index contributed by atoms with van der Waals surface area (Å²) < 4.78 is 4.79. The van der Waals surface area contributed by atoms with Crippen LogP contribution in [0.2, 0.25) is 0 Å². The van der Waals surface area contributed by atoms with E-state index in [1.807, 2.05) is 0 Å². The summed E-state index contributed by atoms with van der Waals surface area (Å²) in [5.41, 5.74) is 0.00269. The van der Waals surface area contributed by atoms with Crippen LogP contribution in [-0.2, 0) is 0 Å². The standard InChI is InChI=1S/C18H23NO3/c1-10(19-18(21)14-4-5-16(20)22-9-14)17-13-3-2-12-6-11(7-13)8-15(12)17/h4-5,9-13,15,17H,2-3,6-8H2,1H3,(H,19,21)/t10-,11+,12-,13+,15-,17+/m0/s1. The molecule has 1 aromatic heterocycles. The van der Waals surface area contributed by atoms with Crippen LogP contribution in [-0.4, -0.2) is 11.9 Å². The van der Waals surface area contributed by atoms with Crippen LogP contribution in [0, 0.1) is 29.6 Å². The lowest BCUT2D eigenvalue weighted by atomic mass is 9.62. The third-order valence-corrected chi connectivity index (χ3v) is 6.33. The van der Waals surface area contributed by atoms with Gasteiger partial charge in [-0.2, -0.15) is 0 Å². The Hall–Kier alpha value is -1.58. The number of hydrogen-bond acceptors (Lipinski definition) is 3. The van der Waals surface area contributed by atoms with E-state index in [4.69, 9.17) is 4.42 Å². The number of fused-ring (bicyclic) bond motifs is 2. The van der Waals surface area contributed by atoms with Crippen molar-refractivity contribution in [3.05, 3.63) is 34.4 Å². The van der Waals surface area contributed by atoms with Crippen LogP contribution >= 0.6 is 0 Å². The average molecular weight is 301 g/mol. The summed E-state index contributed by atoms with van der Waals surface area (Å²) in [6, 6.07) is 3.02. The molecule has 0 aromatic carbocycles. The van der Waals surface area contributed by atoms with Crippen molar-refractivity contribution in [2.24, 2.45) is 29.6 Å². The molecule has 1 amide bonds. The van der Waals surface area contributed by atoms with Crippen molar-refractivity contribution < 1.29 is 9.21 Å². The molecular formula is C18H23NO3. The van der Waals surface area contributed by atoms with Gasteiger partial charge in [-0.05, 0) is 74.7 Å². The van der Waals surface area contributed by atoms with Gasteiger partial charge in [0.2, 0.25) is 0 Å². The van der Waals surface area contributed by atoms with Crippen LogP contribution < -0.4 is 10.9 Å². The highest BCUT2D eigenvalue weighted by molar-refractivity contribution is 5.93. The first-order valence-electron chi connectivity index (χ1n) is 8.51. The summed E-state index contributed by atoms with van der Waals surface area (Å²) in [7, 11) is 0. The van der Waals surface area contributed by atoms with E-state index in [0.717, 1.165) is 23.7 Å². The van der Waals surface area contributed by atoms with E-state index in [0.29, 0.717) is 11.5 Å². The van der Waals surface area contributed by atoms with E-state index in [2.05, 4.69) is 12.2 Å². The van der Waals surface area contributed by atoms with Gasteiger partial charge < -0.3 is 9.73 Å². The number of nitrogens with one attached hydrogen (secondary N) is 1. The highest BCUT2D eigenvalue weighted by Crippen LogP contribution is 2.58. The van der Waals surface area contributed by atoms with Gasteiger partial charge in [0.15, 0.2) is 0 Å². The van der Waals surface area contributed by atoms with Gasteiger partial charge in [-0.3, -0.25) is 4.79 Å². The fourth-order valence-corrected chi connectivity index (χ4v) is 5.60. The Bertz CT molecular complexity index is 617. The van der Waals surface area contributed by atoms with E-state index in [1.54, 1.807) is 0 Å². The molecule has 0 unspecified atom stereocenters. The Morgan fingerprint density at radius 3 is 2.77 bits per heavy atom. The summed E-state index contributed by atoms with van der Waals surface area (Å²) in [4.78, 5) is 23.3. The molecule has 1 aromatic rings. The molecule has 4 nitrogen and oxygen atoms in total. The Balaban J connectivity index is 1.48. The van der Waals surface area contributed by atoms with Gasteiger partial charge in [0, 0.05) is 12.1 Å². The molecule has 118 valence electrons. The molecule has 0 saturated heterocycles. The van der Waals surface area contributed by atoms with Crippen molar-refractivity contribution in [3.63, 3.8) is 0 Å². The SMILES string of the molecule is C[C@H](NC(=O)c1ccc(=O)oc1)[C@@H]1[C@@H]2CC[C@H]3C[C@H](C2)C[C@@H]31. The lowest BCUT2D eigenvalue weighted by Gasteiger charge is -2.45. The maximum absolute atomic E-state index is 12.3. The summed E-state index contributed by atoms with van der Waals surface area (Å²) in [6.07, 6.45) is 8.13. The predicted octanol–water partition coefficient (Wildman–Crippen LogP) is 2.83. The van der Waals surface area contributed by atoms with Crippen molar-refractivity contribution in [3.8, 4) is 0 Å². The fraction of sp³-hybridized carbons (Fsp3) is 0.667. The largest absolute Gasteiger partial charge is 0.430 e. The second-order valence-electron chi connectivity index (χ2n) is 7.52. The van der Waals surface area contributed by atoms with Gasteiger partial charge in [0.05, 0.1) is 5.56 Å². The minimum Gasteiger partial charge on any atom is -0.430 e. The number of carbonyl (C=O) groups is 1. The summed E-state index contributed by atoms with van der Waals surface area (Å²) in [5, 5.41) is 3.15. The second kappa shape index (κ2) is 5.25. The molecule has 3 saturated carbocycles. The minimum atomic E-state index is -0.425. The maximum Gasteiger partial charge on any atom is 0.335 e. The molecule has 0 radical (unpaired) electrons. The highest BCUT2D eigenvalue weighted by Gasteiger charge is 2.51. The first-order valence-corrected chi connectivity index (χ1v) is 8.51. The molecule has 0 spiro atoms. The summed E-state index contributed by atoms with van der Waals surface area (Å²) >= 11 is 0. The first kappa shape index (κ1) is 14.0. The van der Waals surface area contributed by atoms with Crippen molar-refractivity contribution in [1.82, 2.24) is 5.32 Å². The highest BCUT2D eigenvalue weighted by atomic mass is 16.4. The minimum absolute atomic E-state index is 0.132. The van der Waals surface area contributed by atoms with E-state index in [1.165, 1.54) is 50.5 Å². The Labute approximate surface area is 130 Å². The van der Waals surface area contributed by atoms with Gasteiger partial charge in [0.25, 0.3) is 5.91 Å². The molecular weight excluding hydrogens is 278 g/mol. The van der Waals surface area contributed by atoms with Crippen molar-refractivity contribution in [2.75, 3.05) is 0 Å². The first-order chi connectivity index (χ1) is 10.6. The Kier molecular flexibility index (Phi) is 3.35. The zero-order chi connectivity index (χ0) is 15.3. The zero-order valence-electron chi connectivity index (χ0n) is 13.0. The number of rotatable bonds is 3. The van der Waals surface area contributed by atoms with Crippen molar-refractivity contribution in [1.29, 1.82) is 0 Å². The fourth-order valence-electron chi connectivity index (χ4n) is 5.60. The molecule has 0 aliphatic heterocycles. The normalized spacial score (nSPS) is 37.0. The van der Waals surface area contributed by atoms with Crippen LogP contribution in [0.4, 0.5) is 0 Å². The molecule has 6 atom stereocenters. The van der Waals surface area contributed by atoms with Crippen LogP contribution in [0.15, 0.2) is 27.6 Å². The zero-order valence-corrected chi connectivity index (χ0v) is 13.0. The predicted molar refractivity (Wildman–Crippen MR) is 82.4 cm³/mol. The maximum atomic E-state index is 12.3. The van der Waals surface area contributed by atoms with Gasteiger partial charge in [-0.15, -0.1) is 0 Å². The topological polar surface area (TPSA) is 59.3 Å². The lowest BCUT2D eigenvalue weighted by Crippen LogP contribution is -2.48. The van der Waals surface area contributed by atoms with E-state index in [9.17, 15) is 9.59 Å². The van der Waals surface area contributed by atoms with E-state index in [-0.39, 0.29) is 11.9 Å². The number of carbonyl (C=O) groups excluding carboxylic acids is 1. The molecule has 1 heterocycles. The van der Waals surface area contributed by atoms with Crippen LogP contribution in [0.1, 0.15) is 49.4 Å². The monoisotopic (exact) mass is 301 g/mol. The van der Waals surface area contributed by atoms with Gasteiger partial charge >= 0.3 is 5.63 Å². The van der Waals surface area contributed by atoms with Crippen LogP contribution in [0.3, 0.4) is 0 Å². The molecule has 3 fully saturated rings. The van der Waals surface area contributed by atoms with Gasteiger partial charge in [-0.25, -0.2) is 4.79 Å². The third kappa shape index (κ3) is 2.29. The average Bonchev–Trinajstić information content (AvgIpc) is 2.70. The quantitative estimate of drug-likeness (QED) is 0.934. The summed E-state index contributed by atoms with van der Waals surface area (Å²) in [6.45, 7) is 2.15. The number of hydrogen-bond donors (Lipinski definition) is 1. The van der Waals surface area contributed by atoms with Crippen molar-refractivity contribution in [2.45, 2.75) is 45.1 Å². The van der Waals surface area contributed by atoms with Gasteiger partial charge in [0.1, 0.15) is 6.26 Å². The molecule has 3 aliphatic carbocycles. The van der Waals surface area contributed by atoms with Crippen LogP contribution in [0.5, 0.6) is 0 Å². The van der Waals surface area contributed by atoms with Crippen molar-refractivity contribution >= 4 is 5.91 Å². The molecule has 4 rings (SSSR count). The molecule has 1 N–H and O–H groups in total. The Morgan fingerprint density at radius 1 is 1.23 bits per heavy atom. The smallest absolute Gasteiger partial charge is 0.335 e. The number of amides is 1. The lowest BCUT2D eigenvalue weighted by molar-refractivity contribution is 0.0518. The van der Waals surface area contributed by atoms with E-state index >= 15 is 0 Å². The molecule has 3 aliphatic rings. The van der Waals surface area contributed by atoms with Crippen LogP contribution in [0.25, 0.3) is 0 Å². The van der Waals surface area contributed by atoms with E-state index < -0.39 is 5.63 Å². The second-order valence-corrected chi connectivity index (χ2v) is 7.52. The molecule has 3 bridgehead atoms. The molecule has 22 heavy (non-hydrogen) atoms. The third-order valence-electron chi connectivity index (χ3n) is 6.33. The molecule has 4 heteroatoms.